The fourth-order valence-electron chi connectivity index (χ4n) is 1.20. The van der Waals surface area contributed by atoms with Gasteiger partial charge < -0.3 is 4.90 Å². The summed E-state index contributed by atoms with van der Waals surface area (Å²) in [6, 6.07) is 10.3. The van der Waals surface area contributed by atoms with Crippen molar-refractivity contribution in [2.45, 2.75) is 0 Å². The Morgan fingerprint density at radius 2 is 2.00 bits per heavy atom. The Balaban J connectivity index is 2.22. The molecule has 1 nitrogen and oxygen atoms in total. The first kappa shape index (κ1) is 9.87. The topological polar surface area (TPSA) is 3.24 Å². The number of hydrogen-bond acceptors (Lipinski definition) is 2. The van der Waals surface area contributed by atoms with Gasteiger partial charge in [-0.3, -0.25) is 0 Å². The van der Waals surface area contributed by atoms with Gasteiger partial charge in [-0.2, -0.15) is 0 Å². The number of hydrogen-bond donors (Lipinski definition) is 0. The summed E-state index contributed by atoms with van der Waals surface area (Å²) in [6.07, 6.45) is 2.18. The van der Waals surface area contributed by atoms with Crippen molar-refractivity contribution < 1.29 is 0 Å². The maximum Gasteiger partial charge on any atom is 0.0919 e. The monoisotopic (exact) mass is 267 g/mol. The fraction of sp³-hybridized carbons (Fsp3) is 0.0909. The van der Waals surface area contributed by atoms with Gasteiger partial charge >= 0.3 is 0 Å². The van der Waals surface area contributed by atoms with Crippen LogP contribution in [0.2, 0.25) is 0 Å². The van der Waals surface area contributed by atoms with Gasteiger partial charge in [0, 0.05) is 12.5 Å². The molecule has 1 aromatic carbocycles. The molecule has 72 valence electrons. The first-order valence-corrected chi connectivity index (χ1v) is 5.97. The molecule has 1 aliphatic rings. The molecular formula is C11H10BrNS. The van der Waals surface area contributed by atoms with E-state index in [4.69, 9.17) is 0 Å². The van der Waals surface area contributed by atoms with Crippen LogP contribution >= 0.6 is 27.7 Å². The molecule has 1 heterocycles. The Bertz CT molecular complexity index is 384. The van der Waals surface area contributed by atoms with Crippen molar-refractivity contribution in [2.75, 3.05) is 7.05 Å². The molecule has 0 amide bonds. The van der Waals surface area contributed by atoms with Crippen LogP contribution in [0.15, 0.2) is 45.4 Å². The van der Waals surface area contributed by atoms with Gasteiger partial charge in [-0.25, -0.2) is 0 Å². The Morgan fingerprint density at radius 1 is 1.29 bits per heavy atom. The summed E-state index contributed by atoms with van der Waals surface area (Å²) < 4.78 is 1.12. The molecule has 14 heavy (non-hydrogen) atoms. The Kier molecular flexibility index (Phi) is 2.99. The molecule has 1 aromatic rings. The molecule has 0 radical (unpaired) electrons. The maximum absolute atomic E-state index is 3.48. The Labute approximate surface area is 96.6 Å². The number of rotatable bonds is 1. The summed E-state index contributed by atoms with van der Waals surface area (Å²) in [5.74, 6) is 0. The number of benzene rings is 1. The molecule has 0 unspecified atom stereocenters. The van der Waals surface area contributed by atoms with Crippen LogP contribution in [0.5, 0.6) is 0 Å². The first-order valence-electron chi connectivity index (χ1n) is 4.30. The van der Waals surface area contributed by atoms with Gasteiger partial charge in [-0.15, -0.1) is 0 Å². The first-order chi connectivity index (χ1) is 6.77. The minimum absolute atomic E-state index is 1.12. The fourth-order valence-corrected chi connectivity index (χ4v) is 2.62. The normalized spacial score (nSPS) is 18.9. The van der Waals surface area contributed by atoms with E-state index < -0.39 is 0 Å². The molecule has 0 saturated carbocycles. The lowest BCUT2D eigenvalue weighted by atomic mass is 10.2. The Hall–Kier alpha value is -0.670. The van der Waals surface area contributed by atoms with Gasteiger partial charge in [0.2, 0.25) is 0 Å². The predicted octanol–water partition coefficient (Wildman–Crippen LogP) is 3.86. The third-order valence-electron chi connectivity index (χ3n) is 2.02. The SMILES string of the molecule is CN1C(Br)=CS/C1=C\c1ccccc1. The van der Waals surface area contributed by atoms with Crippen LogP contribution in [0.1, 0.15) is 5.56 Å². The third-order valence-corrected chi connectivity index (χ3v) is 4.06. The van der Waals surface area contributed by atoms with Crippen molar-refractivity contribution in [3.63, 3.8) is 0 Å². The average Bonchev–Trinajstić information content (AvgIpc) is 2.52. The van der Waals surface area contributed by atoms with Crippen LogP contribution in [-0.2, 0) is 0 Å². The Morgan fingerprint density at radius 3 is 2.57 bits per heavy atom. The van der Waals surface area contributed by atoms with E-state index in [0.29, 0.717) is 0 Å². The molecule has 0 aromatic heterocycles. The van der Waals surface area contributed by atoms with E-state index in [1.807, 2.05) is 6.07 Å². The van der Waals surface area contributed by atoms with Crippen LogP contribution in [0.25, 0.3) is 6.08 Å². The van der Waals surface area contributed by atoms with Crippen molar-refractivity contribution in [3.8, 4) is 0 Å². The summed E-state index contributed by atoms with van der Waals surface area (Å²) in [7, 11) is 2.05. The predicted molar refractivity (Wildman–Crippen MR) is 66.8 cm³/mol. The third kappa shape index (κ3) is 2.04. The highest BCUT2D eigenvalue weighted by molar-refractivity contribution is 9.11. The van der Waals surface area contributed by atoms with Crippen LogP contribution in [0.4, 0.5) is 0 Å². The summed E-state index contributed by atoms with van der Waals surface area (Å²) >= 11 is 5.21. The maximum atomic E-state index is 3.48. The molecule has 0 bridgehead atoms. The number of halogens is 1. The highest BCUT2D eigenvalue weighted by Gasteiger charge is 2.14. The second-order valence-electron chi connectivity index (χ2n) is 3.01. The van der Waals surface area contributed by atoms with Crippen LogP contribution in [-0.4, -0.2) is 11.9 Å². The van der Waals surface area contributed by atoms with Crippen LogP contribution < -0.4 is 0 Å². The van der Waals surface area contributed by atoms with Crippen molar-refractivity contribution in [1.29, 1.82) is 0 Å². The van der Waals surface area contributed by atoms with E-state index in [1.165, 1.54) is 10.6 Å². The summed E-state index contributed by atoms with van der Waals surface area (Å²) in [4.78, 5) is 2.12. The zero-order valence-electron chi connectivity index (χ0n) is 7.77. The molecule has 0 saturated heterocycles. The van der Waals surface area contributed by atoms with Crippen LogP contribution in [0.3, 0.4) is 0 Å². The van der Waals surface area contributed by atoms with Gasteiger partial charge in [0.15, 0.2) is 0 Å². The number of nitrogens with zero attached hydrogens (tertiary/aromatic N) is 1. The lowest BCUT2D eigenvalue weighted by Crippen LogP contribution is -2.06. The molecule has 2 rings (SSSR count). The van der Waals surface area contributed by atoms with Crippen LogP contribution in [0, 0.1) is 0 Å². The number of thioether (sulfide) groups is 1. The highest BCUT2D eigenvalue weighted by Crippen LogP contribution is 2.36. The molecule has 1 aliphatic heterocycles. The van der Waals surface area contributed by atoms with E-state index in [9.17, 15) is 0 Å². The lowest BCUT2D eigenvalue weighted by Gasteiger charge is -2.12. The highest BCUT2D eigenvalue weighted by atomic mass is 79.9. The quantitative estimate of drug-likeness (QED) is 0.711. The molecule has 0 N–H and O–H groups in total. The van der Waals surface area contributed by atoms with Crippen molar-refractivity contribution in [3.05, 3.63) is 50.9 Å². The van der Waals surface area contributed by atoms with Gasteiger partial charge in [0.1, 0.15) is 0 Å². The summed E-state index contributed by atoms with van der Waals surface area (Å²) in [6.45, 7) is 0. The van der Waals surface area contributed by atoms with E-state index in [2.05, 4.69) is 63.6 Å². The second-order valence-corrected chi connectivity index (χ2v) is 4.71. The van der Waals surface area contributed by atoms with E-state index >= 15 is 0 Å². The molecule has 0 aliphatic carbocycles. The summed E-state index contributed by atoms with van der Waals surface area (Å²) in [5.41, 5.74) is 1.23. The standard InChI is InChI=1S/C11H10BrNS/c1-13-10(12)8-14-11(13)7-9-5-3-2-4-6-9/h2-8H,1H3/b11-7-. The molecular weight excluding hydrogens is 258 g/mol. The van der Waals surface area contributed by atoms with Gasteiger partial charge in [-0.1, -0.05) is 42.1 Å². The smallest absolute Gasteiger partial charge is 0.0919 e. The van der Waals surface area contributed by atoms with Gasteiger partial charge in [0.25, 0.3) is 0 Å². The largest absolute Gasteiger partial charge is 0.333 e. The van der Waals surface area contributed by atoms with Gasteiger partial charge in [-0.05, 0) is 27.6 Å². The zero-order chi connectivity index (χ0) is 9.97. The van der Waals surface area contributed by atoms with Crippen molar-refractivity contribution in [2.24, 2.45) is 0 Å². The molecule has 0 fully saturated rings. The second kappa shape index (κ2) is 4.24. The minimum atomic E-state index is 1.12. The van der Waals surface area contributed by atoms with E-state index in [-0.39, 0.29) is 0 Å². The van der Waals surface area contributed by atoms with E-state index in [0.717, 1.165) is 4.61 Å². The van der Waals surface area contributed by atoms with Crippen molar-refractivity contribution >= 4 is 33.8 Å². The van der Waals surface area contributed by atoms with E-state index in [1.54, 1.807) is 11.8 Å². The minimum Gasteiger partial charge on any atom is -0.333 e. The molecule has 0 spiro atoms. The molecule has 0 atom stereocenters. The summed E-state index contributed by atoms with van der Waals surface area (Å²) in [5, 5.41) is 3.33. The van der Waals surface area contributed by atoms with Crippen molar-refractivity contribution in [1.82, 2.24) is 4.90 Å². The molecule has 3 heteroatoms. The average molecular weight is 268 g/mol. The zero-order valence-corrected chi connectivity index (χ0v) is 10.2. The lowest BCUT2D eigenvalue weighted by molar-refractivity contribution is 0.613. The van der Waals surface area contributed by atoms with Gasteiger partial charge in [0.05, 0.1) is 9.64 Å².